The SMILES string of the molecule is COC(=O)C(O)c1ccc(OCCCBr)cc1. The Balaban J connectivity index is 2.58. The van der Waals surface area contributed by atoms with Crippen LogP contribution >= 0.6 is 15.9 Å². The summed E-state index contributed by atoms with van der Waals surface area (Å²) in [5, 5.41) is 10.5. The number of rotatable bonds is 6. The van der Waals surface area contributed by atoms with Gasteiger partial charge in [0.1, 0.15) is 5.75 Å². The first-order valence-corrected chi connectivity index (χ1v) is 6.35. The van der Waals surface area contributed by atoms with Gasteiger partial charge in [-0.05, 0) is 24.1 Å². The van der Waals surface area contributed by atoms with E-state index in [-0.39, 0.29) is 0 Å². The van der Waals surface area contributed by atoms with Crippen LogP contribution in [0.3, 0.4) is 0 Å². The van der Waals surface area contributed by atoms with Crippen molar-refractivity contribution in [3.8, 4) is 5.75 Å². The van der Waals surface area contributed by atoms with Crippen LogP contribution in [0.4, 0.5) is 0 Å². The lowest BCUT2D eigenvalue weighted by atomic mass is 10.1. The summed E-state index contributed by atoms with van der Waals surface area (Å²) in [6.07, 6.45) is -0.316. The lowest BCUT2D eigenvalue weighted by Crippen LogP contribution is -2.13. The average Bonchev–Trinajstić information content (AvgIpc) is 2.38. The maximum absolute atomic E-state index is 11.1. The third-order valence-electron chi connectivity index (χ3n) is 2.17. The molecule has 0 fully saturated rings. The lowest BCUT2D eigenvalue weighted by molar-refractivity contribution is -0.150. The van der Waals surface area contributed by atoms with Crippen LogP contribution in [0.5, 0.6) is 5.75 Å². The molecule has 0 aromatic heterocycles. The van der Waals surface area contributed by atoms with Crippen LogP contribution in [-0.2, 0) is 9.53 Å². The van der Waals surface area contributed by atoms with Crippen LogP contribution in [0.1, 0.15) is 18.1 Å². The molecule has 1 atom stereocenters. The highest BCUT2D eigenvalue weighted by atomic mass is 79.9. The molecule has 0 spiro atoms. The van der Waals surface area contributed by atoms with Gasteiger partial charge in [0.25, 0.3) is 0 Å². The first-order chi connectivity index (χ1) is 8.19. The highest BCUT2D eigenvalue weighted by molar-refractivity contribution is 9.09. The zero-order chi connectivity index (χ0) is 12.7. The molecular weight excluding hydrogens is 288 g/mol. The molecule has 0 radical (unpaired) electrons. The number of carbonyl (C=O) groups is 1. The second-order valence-electron chi connectivity index (χ2n) is 3.39. The van der Waals surface area contributed by atoms with Crippen LogP contribution in [0, 0.1) is 0 Å². The van der Waals surface area contributed by atoms with E-state index in [9.17, 15) is 9.90 Å². The molecule has 0 amide bonds. The fourth-order valence-corrected chi connectivity index (χ4v) is 1.47. The molecule has 4 nitrogen and oxygen atoms in total. The minimum Gasteiger partial charge on any atom is -0.494 e. The molecule has 1 aromatic carbocycles. The Bertz CT molecular complexity index is 350. The smallest absolute Gasteiger partial charge is 0.339 e. The maximum atomic E-state index is 11.1. The van der Waals surface area contributed by atoms with Crippen molar-refractivity contribution < 1.29 is 19.4 Å². The van der Waals surface area contributed by atoms with Gasteiger partial charge >= 0.3 is 5.97 Å². The van der Waals surface area contributed by atoms with Crippen molar-refractivity contribution in [1.82, 2.24) is 0 Å². The molecule has 1 unspecified atom stereocenters. The largest absolute Gasteiger partial charge is 0.494 e. The summed E-state index contributed by atoms with van der Waals surface area (Å²) < 4.78 is 9.89. The number of aliphatic hydroxyl groups excluding tert-OH is 1. The van der Waals surface area contributed by atoms with E-state index in [0.717, 1.165) is 11.8 Å². The Morgan fingerprint density at radius 1 is 1.41 bits per heavy atom. The van der Waals surface area contributed by atoms with Gasteiger partial charge in [-0.15, -0.1) is 0 Å². The fraction of sp³-hybridized carbons (Fsp3) is 0.417. The zero-order valence-corrected chi connectivity index (χ0v) is 11.1. The number of methoxy groups -OCH3 is 1. The van der Waals surface area contributed by atoms with Gasteiger partial charge in [0.05, 0.1) is 13.7 Å². The molecule has 1 rings (SSSR count). The number of aliphatic hydroxyl groups is 1. The molecule has 0 aliphatic rings. The first-order valence-electron chi connectivity index (χ1n) is 5.23. The van der Waals surface area contributed by atoms with Gasteiger partial charge in [-0.3, -0.25) is 0 Å². The van der Waals surface area contributed by atoms with E-state index in [4.69, 9.17) is 4.74 Å². The number of hydrogen-bond donors (Lipinski definition) is 1. The van der Waals surface area contributed by atoms with E-state index in [2.05, 4.69) is 20.7 Å². The van der Waals surface area contributed by atoms with E-state index in [1.54, 1.807) is 24.3 Å². The van der Waals surface area contributed by atoms with Crippen LogP contribution in [0.15, 0.2) is 24.3 Å². The molecule has 0 aliphatic heterocycles. The summed E-state index contributed by atoms with van der Waals surface area (Å²) in [5.74, 6) is 0.0460. The van der Waals surface area contributed by atoms with Crippen molar-refractivity contribution in [3.05, 3.63) is 29.8 Å². The number of esters is 1. The molecular formula is C12H15BrO4. The molecule has 94 valence electrons. The summed E-state index contributed by atoms with van der Waals surface area (Å²) in [6.45, 7) is 0.629. The van der Waals surface area contributed by atoms with Gasteiger partial charge in [0.2, 0.25) is 0 Å². The maximum Gasteiger partial charge on any atom is 0.339 e. The Morgan fingerprint density at radius 3 is 2.59 bits per heavy atom. The van der Waals surface area contributed by atoms with Gasteiger partial charge in [0.15, 0.2) is 6.10 Å². The molecule has 17 heavy (non-hydrogen) atoms. The van der Waals surface area contributed by atoms with E-state index >= 15 is 0 Å². The van der Waals surface area contributed by atoms with Gasteiger partial charge in [-0.1, -0.05) is 28.1 Å². The van der Waals surface area contributed by atoms with Gasteiger partial charge < -0.3 is 14.6 Å². The number of halogens is 1. The van der Waals surface area contributed by atoms with Crippen LogP contribution in [-0.4, -0.2) is 30.1 Å². The van der Waals surface area contributed by atoms with Crippen molar-refractivity contribution >= 4 is 21.9 Å². The third kappa shape index (κ3) is 4.36. The predicted molar refractivity (Wildman–Crippen MR) is 67.3 cm³/mol. The second-order valence-corrected chi connectivity index (χ2v) is 4.18. The normalized spacial score (nSPS) is 11.9. The van der Waals surface area contributed by atoms with Crippen LogP contribution < -0.4 is 4.74 Å². The molecule has 0 saturated carbocycles. The summed E-state index contributed by atoms with van der Waals surface area (Å²) in [4.78, 5) is 11.1. The first kappa shape index (κ1) is 14.0. The number of carbonyl (C=O) groups excluding carboxylic acids is 1. The summed E-state index contributed by atoms with van der Waals surface area (Å²) >= 11 is 3.31. The Labute approximate surface area is 109 Å². The lowest BCUT2D eigenvalue weighted by Gasteiger charge is -2.10. The van der Waals surface area contributed by atoms with Crippen molar-refractivity contribution in [3.63, 3.8) is 0 Å². The number of alkyl halides is 1. The van der Waals surface area contributed by atoms with Gasteiger partial charge in [-0.2, -0.15) is 0 Å². The van der Waals surface area contributed by atoms with Crippen molar-refractivity contribution in [2.75, 3.05) is 19.0 Å². The molecule has 0 heterocycles. The van der Waals surface area contributed by atoms with E-state index in [0.29, 0.717) is 17.9 Å². The van der Waals surface area contributed by atoms with Crippen LogP contribution in [0.2, 0.25) is 0 Å². The topological polar surface area (TPSA) is 55.8 Å². The quantitative estimate of drug-likeness (QED) is 0.496. The Kier molecular flexibility index (Phi) is 6.00. The molecule has 0 aliphatic carbocycles. The predicted octanol–water partition coefficient (Wildman–Crippen LogP) is 2.06. The molecule has 0 bridgehead atoms. The molecule has 5 heteroatoms. The van der Waals surface area contributed by atoms with Crippen LogP contribution in [0.25, 0.3) is 0 Å². The zero-order valence-electron chi connectivity index (χ0n) is 9.56. The Hall–Kier alpha value is -1.07. The second kappa shape index (κ2) is 7.29. The van der Waals surface area contributed by atoms with Crippen molar-refractivity contribution in [2.45, 2.75) is 12.5 Å². The summed E-state index contributed by atoms with van der Waals surface area (Å²) in [6, 6.07) is 6.72. The Morgan fingerprint density at radius 2 is 2.06 bits per heavy atom. The van der Waals surface area contributed by atoms with Crippen molar-refractivity contribution in [1.29, 1.82) is 0 Å². The van der Waals surface area contributed by atoms with Gasteiger partial charge in [-0.25, -0.2) is 4.79 Å². The summed E-state index contributed by atoms with van der Waals surface area (Å²) in [5.41, 5.74) is 0.490. The summed E-state index contributed by atoms with van der Waals surface area (Å²) in [7, 11) is 1.24. The number of hydrogen-bond acceptors (Lipinski definition) is 4. The third-order valence-corrected chi connectivity index (χ3v) is 2.73. The number of benzene rings is 1. The number of ether oxygens (including phenoxy) is 2. The van der Waals surface area contributed by atoms with E-state index in [1.807, 2.05) is 0 Å². The minimum absolute atomic E-state index is 0.490. The molecule has 0 saturated heterocycles. The monoisotopic (exact) mass is 302 g/mol. The fourth-order valence-electron chi connectivity index (χ4n) is 1.24. The molecule has 1 aromatic rings. The average molecular weight is 303 g/mol. The van der Waals surface area contributed by atoms with E-state index in [1.165, 1.54) is 7.11 Å². The van der Waals surface area contributed by atoms with Crippen molar-refractivity contribution in [2.24, 2.45) is 0 Å². The highest BCUT2D eigenvalue weighted by Gasteiger charge is 2.17. The minimum atomic E-state index is -1.24. The highest BCUT2D eigenvalue weighted by Crippen LogP contribution is 2.18. The van der Waals surface area contributed by atoms with Gasteiger partial charge in [0, 0.05) is 5.33 Å². The molecule has 1 N–H and O–H groups in total. The van der Waals surface area contributed by atoms with E-state index < -0.39 is 12.1 Å². The standard InChI is InChI=1S/C12H15BrO4/c1-16-12(15)11(14)9-3-5-10(6-4-9)17-8-2-7-13/h3-6,11,14H,2,7-8H2,1H3.